The Morgan fingerprint density at radius 2 is 1.71 bits per heavy atom. The molecule has 1 aromatic rings. The summed E-state index contributed by atoms with van der Waals surface area (Å²) in [5.41, 5.74) is 6.82. The van der Waals surface area contributed by atoms with Crippen LogP contribution in [-0.4, -0.2) is 35.3 Å². The number of rotatable bonds is 7. The Labute approximate surface area is 158 Å². The van der Waals surface area contributed by atoms with Crippen LogP contribution >= 0.6 is 28.3 Å². The van der Waals surface area contributed by atoms with Crippen LogP contribution in [0.15, 0.2) is 28.7 Å². The van der Waals surface area contributed by atoms with Crippen molar-refractivity contribution in [1.82, 2.24) is 10.2 Å². The van der Waals surface area contributed by atoms with Gasteiger partial charge >= 0.3 is 0 Å². The quantitative estimate of drug-likeness (QED) is 0.712. The standard InChI is InChI=1S/C17H26BrN3O2.ClH/c1-11(2)16(19)17(23)20-9-15(22)21(12(3)4)10-13-5-7-14(18)8-6-13;/h5-8,11-12,16H,9-10,19H2,1-4H3,(H,20,23);1H/t16-;/m0./s1. The van der Waals surface area contributed by atoms with Crippen molar-refractivity contribution in [3.63, 3.8) is 0 Å². The third-order valence-electron chi connectivity index (χ3n) is 3.64. The Morgan fingerprint density at radius 1 is 1.17 bits per heavy atom. The number of carbonyl (C=O) groups excluding carboxylic acids is 2. The van der Waals surface area contributed by atoms with Gasteiger partial charge in [-0.25, -0.2) is 0 Å². The van der Waals surface area contributed by atoms with Gasteiger partial charge < -0.3 is 16.0 Å². The minimum Gasteiger partial charge on any atom is -0.346 e. The Balaban J connectivity index is 0.00000529. The van der Waals surface area contributed by atoms with Crippen LogP contribution < -0.4 is 11.1 Å². The van der Waals surface area contributed by atoms with Crippen LogP contribution in [0.1, 0.15) is 33.3 Å². The number of nitrogens with zero attached hydrogens (tertiary/aromatic N) is 1. The monoisotopic (exact) mass is 419 g/mol. The van der Waals surface area contributed by atoms with E-state index in [0.717, 1.165) is 10.0 Å². The zero-order valence-corrected chi connectivity index (χ0v) is 17.0. The zero-order chi connectivity index (χ0) is 17.6. The van der Waals surface area contributed by atoms with Crippen LogP contribution in [0.25, 0.3) is 0 Å². The summed E-state index contributed by atoms with van der Waals surface area (Å²) in [5.74, 6) is -0.373. The molecular formula is C17H27BrClN3O2. The summed E-state index contributed by atoms with van der Waals surface area (Å²) in [5, 5.41) is 2.63. The van der Waals surface area contributed by atoms with E-state index in [2.05, 4.69) is 21.2 Å². The molecule has 0 saturated heterocycles. The zero-order valence-electron chi connectivity index (χ0n) is 14.6. The maximum absolute atomic E-state index is 12.4. The first-order valence-electron chi connectivity index (χ1n) is 7.79. The number of carbonyl (C=O) groups is 2. The molecule has 0 heterocycles. The molecule has 1 atom stereocenters. The fourth-order valence-electron chi connectivity index (χ4n) is 2.03. The molecule has 0 unspecified atom stereocenters. The van der Waals surface area contributed by atoms with Gasteiger partial charge in [-0.05, 0) is 37.5 Å². The number of nitrogens with two attached hydrogens (primary N) is 1. The van der Waals surface area contributed by atoms with Crippen molar-refractivity contribution in [3.8, 4) is 0 Å². The second-order valence-corrected chi connectivity index (χ2v) is 7.15. The molecule has 0 aromatic heterocycles. The molecule has 0 fully saturated rings. The number of nitrogens with one attached hydrogen (secondary N) is 1. The van der Waals surface area contributed by atoms with Crippen LogP contribution in [-0.2, 0) is 16.1 Å². The highest BCUT2D eigenvalue weighted by Gasteiger charge is 2.21. The lowest BCUT2D eigenvalue weighted by Gasteiger charge is -2.27. The summed E-state index contributed by atoms with van der Waals surface area (Å²) in [6.45, 7) is 8.14. The molecular weight excluding hydrogens is 394 g/mol. The lowest BCUT2D eigenvalue weighted by molar-refractivity contribution is -0.135. The fourth-order valence-corrected chi connectivity index (χ4v) is 2.29. The largest absolute Gasteiger partial charge is 0.346 e. The van der Waals surface area contributed by atoms with Gasteiger partial charge in [0.25, 0.3) is 0 Å². The molecule has 0 radical (unpaired) electrons. The highest BCUT2D eigenvalue weighted by Crippen LogP contribution is 2.13. The first-order valence-corrected chi connectivity index (χ1v) is 8.59. The van der Waals surface area contributed by atoms with E-state index in [1.54, 1.807) is 4.90 Å². The van der Waals surface area contributed by atoms with Gasteiger partial charge in [-0.2, -0.15) is 0 Å². The highest BCUT2D eigenvalue weighted by molar-refractivity contribution is 9.10. The van der Waals surface area contributed by atoms with Crippen LogP contribution in [0, 0.1) is 5.92 Å². The summed E-state index contributed by atoms with van der Waals surface area (Å²) in [7, 11) is 0. The normalized spacial score (nSPS) is 11.8. The minimum absolute atomic E-state index is 0. The van der Waals surface area contributed by atoms with Crippen molar-refractivity contribution in [2.75, 3.05) is 6.54 Å². The Bertz CT molecular complexity index is 535. The lowest BCUT2D eigenvalue weighted by atomic mass is 10.1. The molecule has 0 saturated carbocycles. The maximum atomic E-state index is 12.4. The second-order valence-electron chi connectivity index (χ2n) is 6.23. The molecule has 0 bridgehead atoms. The van der Waals surface area contributed by atoms with E-state index in [-0.39, 0.29) is 42.7 Å². The van der Waals surface area contributed by atoms with E-state index >= 15 is 0 Å². The summed E-state index contributed by atoms with van der Waals surface area (Å²) in [6, 6.07) is 7.28. The number of hydrogen-bond acceptors (Lipinski definition) is 3. The van der Waals surface area contributed by atoms with Gasteiger partial charge in [-0.1, -0.05) is 41.9 Å². The van der Waals surface area contributed by atoms with Crippen LogP contribution in [0.2, 0.25) is 0 Å². The first kappa shape index (κ1) is 22.9. The summed E-state index contributed by atoms with van der Waals surface area (Å²) < 4.78 is 0.999. The number of halogens is 2. The van der Waals surface area contributed by atoms with Crippen molar-refractivity contribution >= 4 is 40.2 Å². The average Bonchev–Trinajstić information content (AvgIpc) is 2.50. The minimum atomic E-state index is -0.596. The van der Waals surface area contributed by atoms with Crippen molar-refractivity contribution in [3.05, 3.63) is 34.3 Å². The molecule has 1 aromatic carbocycles. The van der Waals surface area contributed by atoms with Crippen molar-refractivity contribution in [2.24, 2.45) is 11.7 Å². The smallest absolute Gasteiger partial charge is 0.242 e. The molecule has 0 aliphatic carbocycles. The molecule has 5 nitrogen and oxygen atoms in total. The molecule has 0 aliphatic heterocycles. The van der Waals surface area contributed by atoms with Crippen molar-refractivity contribution in [2.45, 2.75) is 46.3 Å². The van der Waals surface area contributed by atoms with Gasteiger partial charge in [0, 0.05) is 17.1 Å². The van der Waals surface area contributed by atoms with E-state index in [1.807, 2.05) is 52.0 Å². The number of amides is 2. The molecule has 3 N–H and O–H groups in total. The van der Waals surface area contributed by atoms with Gasteiger partial charge in [0.05, 0.1) is 12.6 Å². The Kier molecular flexibility index (Phi) is 10.2. The molecule has 0 spiro atoms. The van der Waals surface area contributed by atoms with Gasteiger partial charge in [-0.15, -0.1) is 12.4 Å². The third-order valence-corrected chi connectivity index (χ3v) is 4.17. The molecule has 2 amide bonds. The number of hydrogen-bond donors (Lipinski definition) is 2. The lowest BCUT2D eigenvalue weighted by Crippen LogP contribution is -2.48. The van der Waals surface area contributed by atoms with Gasteiger partial charge in [0.15, 0.2) is 0 Å². The van der Waals surface area contributed by atoms with E-state index < -0.39 is 6.04 Å². The molecule has 0 aliphatic rings. The van der Waals surface area contributed by atoms with Gasteiger partial charge in [0.2, 0.25) is 11.8 Å². The summed E-state index contributed by atoms with van der Waals surface area (Å²) in [4.78, 5) is 26.0. The van der Waals surface area contributed by atoms with Crippen molar-refractivity contribution < 1.29 is 9.59 Å². The van der Waals surface area contributed by atoms with Gasteiger partial charge in [0.1, 0.15) is 0 Å². The Morgan fingerprint density at radius 3 is 2.17 bits per heavy atom. The topological polar surface area (TPSA) is 75.4 Å². The van der Waals surface area contributed by atoms with E-state index in [4.69, 9.17) is 5.73 Å². The second kappa shape index (κ2) is 10.7. The maximum Gasteiger partial charge on any atom is 0.242 e. The Hall–Kier alpha value is -1.11. The van der Waals surface area contributed by atoms with Gasteiger partial charge in [-0.3, -0.25) is 9.59 Å². The van der Waals surface area contributed by atoms with Crippen LogP contribution in [0.5, 0.6) is 0 Å². The first-order chi connectivity index (χ1) is 10.7. The summed E-state index contributed by atoms with van der Waals surface area (Å²) in [6.07, 6.45) is 0. The molecule has 7 heteroatoms. The fraction of sp³-hybridized carbons (Fsp3) is 0.529. The SMILES string of the molecule is CC(C)[C@H](N)C(=O)NCC(=O)N(Cc1ccc(Br)cc1)C(C)C.Cl. The predicted molar refractivity (Wildman–Crippen MR) is 103 cm³/mol. The van der Waals surface area contributed by atoms with E-state index in [1.165, 1.54) is 0 Å². The average molecular weight is 421 g/mol. The summed E-state index contributed by atoms with van der Waals surface area (Å²) >= 11 is 3.40. The van der Waals surface area contributed by atoms with Crippen LogP contribution in [0.4, 0.5) is 0 Å². The number of benzene rings is 1. The van der Waals surface area contributed by atoms with E-state index in [0.29, 0.717) is 6.54 Å². The van der Waals surface area contributed by atoms with Crippen LogP contribution in [0.3, 0.4) is 0 Å². The van der Waals surface area contributed by atoms with Crippen molar-refractivity contribution in [1.29, 1.82) is 0 Å². The molecule has 1 rings (SSSR count). The third kappa shape index (κ3) is 7.20. The highest BCUT2D eigenvalue weighted by atomic mass is 79.9. The molecule has 136 valence electrons. The van der Waals surface area contributed by atoms with E-state index in [9.17, 15) is 9.59 Å². The molecule has 24 heavy (non-hydrogen) atoms. The predicted octanol–water partition coefficient (Wildman–Crippen LogP) is 2.71.